The van der Waals surface area contributed by atoms with Crippen LogP contribution in [0.15, 0.2) is 46.9 Å². The van der Waals surface area contributed by atoms with Crippen molar-refractivity contribution < 1.29 is 14.3 Å². The summed E-state index contributed by atoms with van der Waals surface area (Å²) in [4.78, 5) is 26.2. The molecule has 0 aromatic heterocycles. The maximum absolute atomic E-state index is 12.4. The van der Waals surface area contributed by atoms with Crippen molar-refractivity contribution >= 4 is 27.7 Å². The lowest BCUT2D eigenvalue weighted by molar-refractivity contribution is 0.0649. The third kappa shape index (κ3) is 3.40. The number of methoxy groups -OCH3 is 1. The van der Waals surface area contributed by atoms with Crippen molar-refractivity contribution in [1.29, 1.82) is 0 Å². The predicted molar refractivity (Wildman–Crippen MR) is 105 cm³/mol. The Morgan fingerprint density at radius 3 is 2.23 bits per heavy atom. The van der Waals surface area contributed by atoms with Crippen LogP contribution in [-0.2, 0) is 5.41 Å². The molecular weight excluding hydrogens is 394 g/mol. The fourth-order valence-corrected chi connectivity index (χ4v) is 3.75. The average Bonchev–Trinajstić information content (AvgIpc) is 2.87. The van der Waals surface area contributed by atoms with E-state index in [2.05, 4.69) is 35.8 Å². The van der Waals surface area contributed by atoms with Gasteiger partial charge in [-0.1, -0.05) is 32.0 Å². The minimum absolute atomic E-state index is 0.0906. The van der Waals surface area contributed by atoms with Crippen LogP contribution < -0.4 is 4.74 Å². The maximum atomic E-state index is 12.4. The summed E-state index contributed by atoms with van der Waals surface area (Å²) in [5.74, 6) is 0.429. The number of halogens is 1. The van der Waals surface area contributed by atoms with Crippen molar-refractivity contribution in [1.82, 2.24) is 4.90 Å². The Morgan fingerprint density at radius 2 is 1.65 bits per heavy atom. The summed E-state index contributed by atoms with van der Waals surface area (Å²) < 4.78 is 6.31. The van der Waals surface area contributed by atoms with Gasteiger partial charge in [-0.2, -0.15) is 0 Å². The summed E-state index contributed by atoms with van der Waals surface area (Å²) in [5, 5.41) is 0. The molecule has 1 aliphatic rings. The smallest absolute Gasteiger partial charge is 0.261 e. The van der Waals surface area contributed by atoms with Crippen LogP contribution in [0, 0.1) is 0 Å². The lowest BCUT2D eigenvalue weighted by atomic mass is 9.80. The van der Waals surface area contributed by atoms with Gasteiger partial charge in [0.2, 0.25) is 0 Å². The number of carbonyl (C=O) groups excluding carboxylic acids is 2. The first-order chi connectivity index (χ1) is 12.3. The van der Waals surface area contributed by atoms with Crippen LogP contribution in [0.5, 0.6) is 5.75 Å². The van der Waals surface area contributed by atoms with E-state index < -0.39 is 0 Å². The van der Waals surface area contributed by atoms with E-state index in [1.807, 2.05) is 12.1 Å². The van der Waals surface area contributed by atoms with Crippen LogP contribution in [-0.4, -0.2) is 30.4 Å². The molecule has 2 aromatic carbocycles. The number of benzene rings is 2. The molecule has 4 nitrogen and oxygen atoms in total. The highest BCUT2D eigenvalue weighted by Crippen LogP contribution is 2.34. The third-order valence-electron chi connectivity index (χ3n) is 4.99. The molecule has 0 radical (unpaired) electrons. The standard InChI is InChI=1S/C21H22BrNO3/c1-21(2,14-9-10-17(22)18(13-14)26-3)11-6-12-23-19(24)15-7-4-5-8-16(15)20(23)25/h4-5,7-10,13H,6,11-12H2,1-3H3. The topological polar surface area (TPSA) is 46.6 Å². The van der Waals surface area contributed by atoms with E-state index >= 15 is 0 Å². The van der Waals surface area contributed by atoms with Gasteiger partial charge in [-0.25, -0.2) is 0 Å². The molecule has 0 bridgehead atoms. The Balaban J connectivity index is 1.66. The minimum Gasteiger partial charge on any atom is -0.496 e. The van der Waals surface area contributed by atoms with E-state index in [9.17, 15) is 9.59 Å². The van der Waals surface area contributed by atoms with Crippen molar-refractivity contribution in [2.45, 2.75) is 32.1 Å². The lowest BCUT2D eigenvalue weighted by Gasteiger charge is -2.27. The molecule has 0 fully saturated rings. The van der Waals surface area contributed by atoms with Gasteiger partial charge in [0.15, 0.2) is 0 Å². The molecule has 136 valence electrons. The molecule has 0 N–H and O–H groups in total. The first-order valence-corrected chi connectivity index (χ1v) is 9.43. The average molecular weight is 416 g/mol. The highest BCUT2D eigenvalue weighted by Gasteiger charge is 2.35. The Morgan fingerprint density at radius 1 is 1.04 bits per heavy atom. The fourth-order valence-electron chi connectivity index (χ4n) is 3.35. The highest BCUT2D eigenvalue weighted by atomic mass is 79.9. The zero-order valence-electron chi connectivity index (χ0n) is 15.2. The Hall–Kier alpha value is -2.14. The van der Waals surface area contributed by atoms with E-state index in [0.29, 0.717) is 17.7 Å². The lowest BCUT2D eigenvalue weighted by Crippen LogP contribution is -2.31. The van der Waals surface area contributed by atoms with Gasteiger partial charge in [0.05, 0.1) is 22.7 Å². The summed E-state index contributed by atoms with van der Waals surface area (Å²) in [7, 11) is 1.65. The minimum atomic E-state index is -0.186. The van der Waals surface area contributed by atoms with Crippen molar-refractivity contribution in [2.75, 3.05) is 13.7 Å². The van der Waals surface area contributed by atoms with E-state index in [0.717, 1.165) is 23.1 Å². The Labute approximate surface area is 162 Å². The molecule has 2 aromatic rings. The van der Waals surface area contributed by atoms with Crippen LogP contribution in [0.4, 0.5) is 0 Å². The summed E-state index contributed by atoms with van der Waals surface area (Å²) in [6.45, 7) is 4.76. The summed E-state index contributed by atoms with van der Waals surface area (Å²) in [6.07, 6.45) is 1.60. The first kappa shape index (κ1) is 18.6. The molecule has 26 heavy (non-hydrogen) atoms. The zero-order chi connectivity index (χ0) is 18.9. The van der Waals surface area contributed by atoms with Crippen molar-refractivity contribution in [3.05, 3.63) is 63.6 Å². The van der Waals surface area contributed by atoms with Crippen LogP contribution in [0.2, 0.25) is 0 Å². The molecule has 1 aliphatic heterocycles. The van der Waals surface area contributed by atoms with Gasteiger partial charge in [0.25, 0.3) is 11.8 Å². The second kappa shape index (κ2) is 7.23. The van der Waals surface area contributed by atoms with E-state index in [1.54, 1.807) is 31.4 Å². The molecule has 0 unspecified atom stereocenters. The number of imide groups is 1. The number of fused-ring (bicyclic) bond motifs is 1. The fraction of sp³-hybridized carbons (Fsp3) is 0.333. The van der Waals surface area contributed by atoms with Gasteiger partial charge in [0, 0.05) is 6.54 Å². The molecule has 2 amide bonds. The molecule has 1 heterocycles. The van der Waals surface area contributed by atoms with E-state index in [1.165, 1.54) is 10.5 Å². The molecule has 0 spiro atoms. The van der Waals surface area contributed by atoms with Crippen molar-refractivity contribution in [3.63, 3.8) is 0 Å². The molecule has 5 heteroatoms. The van der Waals surface area contributed by atoms with E-state index in [4.69, 9.17) is 4.74 Å². The van der Waals surface area contributed by atoms with E-state index in [-0.39, 0.29) is 17.2 Å². The normalized spacial score (nSPS) is 13.9. The quantitative estimate of drug-likeness (QED) is 0.635. The molecule has 0 aliphatic carbocycles. The van der Waals surface area contributed by atoms with Crippen molar-refractivity contribution in [2.24, 2.45) is 0 Å². The highest BCUT2D eigenvalue weighted by molar-refractivity contribution is 9.10. The molecule has 0 saturated carbocycles. The number of amides is 2. The van der Waals surface area contributed by atoms with Gasteiger partial charge < -0.3 is 4.74 Å². The van der Waals surface area contributed by atoms with Crippen molar-refractivity contribution in [3.8, 4) is 5.75 Å². The van der Waals surface area contributed by atoms with Gasteiger partial charge in [-0.15, -0.1) is 0 Å². The van der Waals surface area contributed by atoms with Gasteiger partial charge in [-0.05, 0) is 64.0 Å². The van der Waals surface area contributed by atoms with Crippen LogP contribution in [0.25, 0.3) is 0 Å². The maximum Gasteiger partial charge on any atom is 0.261 e. The monoisotopic (exact) mass is 415 g/mol. The summed E-state index contributed by atoms with van der Waals surface area (Å²) >= 11 is 3.48. The molecule has 3 rings (SSSR count). The van der Waals surface area contributed by atoms with Gasteiger partial charge >= 0.3 is 0 Å². The Bertz CT molecular complexity index is 825. The first-order valence-electron chi connectivity index (χ1n) is 8.64. The van der Waals surface area contributed by atoms with Gasteiger partial charge in [0.1, 0.15) is 5.75 Å². The predicted octanol–water partition coefficient (Wildman–Crippen LogP) is 4.81. The largest absolute Gasteiger partial charge is 0.496 e. The zero-order valence-corrected chi connectivity index (χ0v) is 16.8. The van der Waals surface area contributed by atoms with Gasteiger partial charge in [-0.3, -0.25) is 14.5 Å². The SMILES string of the molecule is COc1cc(C(C)(C)CCCN2C(=O)c3ccccc3C2=O)ccc1Br. The molecular formula is C21H22BrNO3. The van der Waals surface area contributed by atoms with Crippen LogP contribution in [0.3, 0.4) is 0 Å². The summed E-state index contributed by atoms with van der Waals surface area (Å²) in [5.41, 5.74) is 2.09. The number of nitrogens with zero attached hydrogens (tertiary/aromatic N) is 1. The number of hydrogen-bond acceptors (Lipinski definition) is 3. The second-order valence-corrected chi connectivity index (χ2v) is 8.00. The Kier molecular flexibility index (Phi) is 5.19. The van der Waals surface area contributed by atoms with Crippen LogP contribution in [0.1, 0.15) is 53.0 Å². The van der Waals surface area contributed by atoms with Crippen LogP contribution >= 0.6 is 15.9 Å². The molecule has 0 saturated heterocycles. The molecule has 0 atom stereocenters. The second-order valence-electron chi connectivity index (χ2n) is 7.14. The number of carbonyl (C=O) groups is 2. The number of hydrogen-bond donors (Lipinski definition) is 0. The number of ether oxygens (including phenoxy) is 1. The summed E-state index contributed by atoms with van der Waals surface area (Å²) in [6, 6.07) is 13.1. The third-order valence-corrected chi connectivity index (χ3v) is 5.65. The number of rotatable bonds is 6.